The maximum absolute atomic E-state index is 13.7. The number of hydrogen-bond donors (Lipinski definition) is 2. The van der Waals surface area contributed by atoms with Crippen molar-refractivity contribution in [2.75, 3.05) is 45.2 Å². The first kappa shape index (κ1) is 26.0. The Balaban J connectivity index is 1.66. The number of fused-ring (bicyclic) bond motifs is 1. The fraction of sp³-hybridized carbons (Fsp3) is 0.346. The monoisotopic (exact) mass is 505 g/mol. The molecule has 0 saturated carbocycles. The molecule has 0 bridgehead atoms. The Kier molecular flexibility index (Phi) is 8.26. The van der Waals surface area contributed by atoms with Gasteiger partial charge in [0, 0.05) is 43.8 Å². The van der Waals surface area contributed by atoms with Gasteiger partial charge in [-0.1, -0.05) is 10.7 Å². The number of aromatic hydroxyl groups is 1. The van der Waals surface area contributed by atoms with E-state index in [1.807, 2.05) is 26.0 Å². The average Bonchev–Trinajstić information content (AvgIpc) is 3.38. The first-order chi connectivity index (χ1) is 17.8. The minimum atomic E-state index is -0.343. The van der Waals surface area contributed by atoms with Crippen LogP contribution in [0, 0.1) is 6.92 Å². The van der Waals surface area contributed by atoms with Crippen molar-refractivity contribution >= 4 is 29.2 Å². The molecule has 194 valence electrons. The van der Waals surface area contributed by atoms with Gasteiger partial charge in [0.1, 0.15) is 5.82 Å². The predicted octanol–water partition coefficient (Wildman–Crippen LogP) is 2.89. The Hall–Kier alpha value is -4.09. The maximum atomic E-state index is 13.7. The highest BCUT2D eigenvalue weighted by Crippen LogP contribution is 2.25. The van der Waals surface area contributed by atoms with Crippen LogP contribution < -0.4 is 5.32 Å². The van der Waals surface area contributed by atoms with Crippen LogP contribution in [0.25, 0.3) is 10.9 Å². The fourth-order valence-electron chi connectivity index (χ4n) is 4.24. The Morgan fingerprint density at radius 2 is 2.11 bits per heavy atom. The van der Waals surface area contributed by atoms with E-state index in [4.69, 9.17) is 9.26 Å². The van der Waals surface area contributed by atoms with Crippen LogP contribution in [0.3, 0.4) is 0 Å². The lowest BCUT2D eigenvalue weighted by atomic mass is 10.1. The summed E-state index contributed by atoms with van der Waals surface area (Å²) in [6, 6.07) is 6.93. The molecule has 1 aliphatic rings. The number of nitrogens with zero attached hydrogens (tertiary/aromatic N) is 6. The predicted molar refractivity (Wildman–Crippen MR) is 140 cm³/mol. The van der Waals surface area contributed by atoms with Crippen molar-refractivity contribution in [3.8, 4) is 5.88 Å². The number of hydrogen-bond acceptors (Lipinski definition) is 10. The van der Waals surface area contributed by atoms with Crippen LogP contribution >= 0.6 is 0 Å². The second kappa shape index (κ2) is 11.8. The summed E-state index contributed by atoms with van der Waals surface area (Å²) in [5.74, 6) is 0.377. The summed E-state index contributed by atoms with van der Waals surface area (Å²) >= 11 is 0. The molecule has 0 spiro atoms. The molecule has 3 heterocycles. The standard InChI is InChI=1S/C26H31N7O4/c1-17(14-33-7-9-36-10-8-33)11-21(25(27-3)32(4)15-24-28-16-29-37-24)26(35)30-19-5-6-22-20(13-19)18(2)12-23(34)31-22/h5-6,11-13,16H,3,7-10,14-15H2,1-2,4H3,(H,30,35)(H,31,34)/b17-11+,25-21-. The number of aromatic nitrogens is 3. The van der Waals surface area contributed by atoms with Gasteiger partial charge in [-0.15, -0.1) is 0 Å². The van der Waals surface area contributed by atoms with Crippen LogP contribution in [0.5, 0.6) is 5.88 Å². The molecule has 0 aliphatic carbocycles. The van der Waals surface area contributed by atoms with Crippen molar-refractivity contribution in [3.63, 3.8) is 0 Å². The van der Waals surface area contributed by atoms with Crippen molar-refractivity contribution in [1.82, 2.24) is 24.9 Å². The number of aryl methyl sites for hydroxylation is 1. The molecule has 1 aromatic carbocycles. The number of ether oxygens (including phenoxy) is 1. The van der Waals surface area contributed by atoms with Gasteiger partial charge in [0.25, 0.3) is 5.91 Å². The number of nitrogens with one attached hydrogen (secondary N) is 1. The van der Waals surface area contributed by atoms with Gasteiger partial charge in [-0.25, -0.2) is 9.98 Å². The van der Waals surface area contributed by atoms with E-state index >= 15 is 0 Å². The number of aliphatic imine (C=N–C) groups is 1. The molecule has 11 heteroatoms. The van der Waals surface area contributed by atoms with Crippen LogP contribution in [0.15, 0.2) is 63.2 Å². The van der Waals surface area contributed by atoms with Gasteiger partial charge in [-0.05, 0) is 50.4 Å². The van der Waals surface area contributed by atoms with Gasteiger partial charge >= 0.3 is 0 Å². The number of morpholine rings is 1. The topological polar surface area (TPSA) is 129 Å². The molecule has 4 rings (SSSR count). The van der Waals surface area contributed by atoms with Crippen molar-refractivity contribution < 1.29 is 19.2 Å². The second-order valence-electron chi connectivity index (χ2n) is 8.95. The zero-order valence-electron chi connectivity index (χ0n) is 21.3. The molecule has 0 unspecified atom stereocenters. The third-order valence-electron chi connectivity index (χ3n) is 6.00. The number of carbonyl (C=O) groups excluding carboxylic acids is 1. The summed E-state index contributed by atoms with van der Waals surface area (Å²) in [7, 11) is 1.78. The number of carbonyl (C=O) groups is 1. The molecule has 11 nitrogen and oxygen atoms in total. The van der Waals surface area contributed by atoms with Crippen LogP contribution in [-0.4, -0.2) is 82.6 Å². The van der Waals surface area contributed by atoms with Crippen molar-refractivity contribution in [2.24, 2.45) is 4.99 Å². The lowest BCUT2D eigenvalue weighted by Gasteiger charge is -2.27. The van der Waals surface area contributed by atoms with Gasteiger partial charge < -0.3 is 24.6 Å². The SMILES string of the molecule is C=N/C(=C(\C=C(/C)CN1CCOCC1)C(=O)Nc1ccc2nc(O)cc(C)c2c1)N(C)Cc1ncno1. The van der Waals surface area contributed by atoms with Crippen LogP contribution in [0.2, 0.25) is 0 Å². The lowest BCUT2D eigenvalue weighted by Crippen LogP contribution is -2.37. The number of rotatable bonds is 9. The third kappa shape index (κ3) is 6.57. The molecule has 1 fully saturated rings. The van der Waals surface area contributed by atoms with Gasteiger partial charge in [0.2, 0.25) is 11.8 Å². The van der Waals surface area contributed by atoms with E-state index in [0.29, 0.717) is 48.2 Å². The first-order valence-electron chi connectivity index (χ1n) is 11.9. The number of pyridine rings is 1. The zero-order chi connectivity index (χ0) is 26.4. The van der Waals surface area contributed by atoms with E-state index in [9.17, 15) is 9.90 Å². The highest BCUT2D eigenvalue weighted by atomic mass is 16.5. The van der Waals surface area contributed by atoms with Crippen LogP contribution in [0.4, 0.5) is 5.69 Å². The van der Waals surface area contributed by atoms with E-state index in [1.165, 1.54) is 6.33 Å². The molecule has 0 radical (unpaired) electrons. The third-order valence-corrected chi connectivity index (χ3v) is 6.00. The summed E-state index contributed by atoms with van der Waals surface area (Å²) in [5.41, 5.74) is 3.42. The molecule has 1 amide bonds. The van der Waals surface area contributed by atoms with Gasteiger partial charge in [-0.2, -0.15) is 4.98 Å². The molecule has 0 atom stereocenters. The number of benzene rings is 1. The summed E-state index contributed by atoms with van der Waals surface area (Å²) < 4.78 is 10.6. The first-order valence-corrected chi connectivity index (χ1v) is 11.9. The zero-order valence-corrected chi connectivity index (χ0v) is 21.3. The van der Waals surface area contributed by atoms with Gasteiger partial charge in [-0.3, -0.25) is 9.69 Å². The summed E-state index contributed by atoms with van der Waals surface area (Å²) in [6.45, 7) is 11.6. The minimum Gasteiger partial charge on any atom is -0.493 e. The Morgan fingerprint density at radius 1 is 1.32 bits per heavy atom. The molecule has 37 heavy (non-hydrogen) atoms. The average molecular weight is 506 g/mol. The summed E-state index contributed by atoms with van der Waals surface area (Å²) in [6.07, 6.45) is 3.16. The highest BCUT2D eigenvalue weighted by Gasteiger charge is 2.20. The Labute approximate surface area is 215 Å². The molecule has 1 saturated heterocycles. The molecule has 1 aliphatic heterocycles. The van der Waals surface area contributed by atoms with Crippen LogP contribution in [-0.2, 0) is 16.1 Å². The molecule has 3 aromatic rings. The minimum absolute atomic E-state index is 0.0427. The summed E-state index contributed by atoms with van der Waals surface area (Å²) in [5, 5.41) is 17.2. The highest BCUT2D eigenvalue weighted by molar-refractivity contribution is 6.07. The van der Waals surface area contributed by atoms with E-state index in [2.05, 4.69) is 37.1 Å². The largest absolute Gasteiger partial charge is 0.493 e. The number of amides is 1. The molecular formula is C26H31N7O4. The Morgan fingerprint density at radius 3 is 2.81 bits per heavy atom. The van der Waals surface area contributed by atoms with Gasteiger partial charge in [0.15, 0.2) is 6.33 Å². The lowest BCUT2D eigenvalue weighted by molar-refractivity contribution is -0.112. The Bertz CT molecular complexity index is 1330. The van der Waals surface area contributed by atoms with Crippen molar-refractivity contribution in [2.45, 2.75) is 20.4 Å². The smallest absolute Gasteiger partial charge is 0.259 e. The summed E-state index contributed by atoms with van der Waals surface area (Å²) in [4.78, 5) is 30.1. The fourth-order valence-corrected chi connectivity index (χ4v) is 4.24. The van der Waals surface area contributed by atoms with E-state index in [1.54, 1.807) is 30.1 Å². The van der Waals surface area contributed by atoms with Crippen molar-refractivity contribution in [1.29, 1.82) is 0 Å². The molecule has 2 aromatic heterocycles. The molecular weight excluding hydrogens is 474 g/mol. The van der Waals surface area contributed by atoms with E-state index in [-0.39, 0.29) is 18.3 Å². The normalized spacial score (nSPS) is 15.4. The maximum Gasteiger partial charge on any atom is 0.259 e. The second-order valence-corrected chi connectivity index (χ2v) is 8.95. The number of anilines is 1. The van der Waals surface area contributed by atoms with E-state index < -0.39 is 0 Å². The van der Waals surface area contributed by atoms with E-state index in [0.717, 1.165) is 29.6 Å². The van der Waals surface area contributed by atoms with Crippen molar-refractivity contribution in [3.05, 3.63) is 65.1 Å². The quantitative estimate of drug-likeness (QED) is 0.256. The van der Waals surface area contributed by atoms with Crippen LogP contribution in [0.1, 0.15) is 18.4 Å². The molecule has 2 N–H and O–H groups in total. The van der Waals surface area contributed by atoms with Gasteiger partial charge in [0.05, 0.1) is 30.8 Å².